The van der Waals surface area contributed by atoms with E-state index < -0.39 is 0 Å². The Balaban J connectivity index is 1.59. The molecule has 5 nitrogen and oxygen atoms in total. The average Bonchev–Trinajstić information content (AvgIpc) is 3.12. The van der Waals surface area contributed by atoms with E-state index in [0.29, 0.717) is 34.8 Å². The van der Waals surface area contributed by atoms with E-state index in [-0.39, 0.29) is 5.91 Å². The molecular formula is C28H26Br2N2O3S. The molecular weight excluding hydrogens is 604 g/mol. The summed E-state index contributed by atoms with van der Waals surface area (Å²) in [6, 6.07) is 19.8. The molecule has 0 atom stereocenters. The number of hydrogen-bond acceptors (Lipinski definition) is 5. The second-order valence-electron chi connectivity index (χ2n) is 8.03. The number of amides is 1. The van der Waals surface area contributed by atoms with Crippen molar-refractivity contribution >= 4 is 66.5 Å². The molecule has 1 heterocycles. The molecule has 0 radical (unpaired) electrons. The van der Waals surface area contributed by atoms with Crippen LogP contribution in [0.3, 0.4) is 0 Å². The van der Waals surface area contributed by atoms with Gasteiger partial charge in [-0.05, 0) is 94.1 Å². The molecule has 8 heteroatoms. The summed E-state index contributed by atoms with van der Waals surface area (Å²) < 4.78 is 13.8. The third kappa shape index (κ3) is 6.22. The van der Waals surface area contributed by atoms with E-state index in [4.69, 9.17) is 14.5 Å². The van der Waals surface area contributed by atoms with Crippen molar-refractivity contribution in [3.8, 4) is 11.5 Å². The number of likely N-dealkylation sites (N-methyl/N-ethyl adjacent to an activating group) is 1. The lowest BCUT2D eigenvalue weighted by Crippen LogP contribution is -2.23. The highest BCUT2D eigenvalue weighted by atomic mass is 79.9. The van der Waals surface area contributed by atoms with E-state index in [9.17, 15) is 4.79 Å². The summed E-state index contributed by atoms with van der Waals surface area (Å²) in [7, 11) is 1.75. The number of hydrogen-bond donors (Lipinski definition) is 0. The number of aliphatic imine (C=N–C) groups is 1. The summed E-state index contributed by atoms with van der Waals surface area (Å²) in [4.78, 5) is 20.0. The first-order chi connectivity index (χ1) is 17.4. The lowest BCUT2D eigenvalue weighted by atomic mass is 10.1. The Labute approximate surface area is 232 Å². The molecule has 1 saturated heterocycles. The Morgan fingerprint density at radius 3 is 2.50 bits per heavy atom. The van der Waals surface area contributed by atoms with Crippen LogP contribution in [-0.4, -0.2) is 29.6 Å². The Bertz CT molecular complexity index is 1320. The van der Waals surface area contributed by atoms with Gasteiger partial charge in [0.25, 0.3) is 5.91 Å². The molecule has 186 valence electrons. The molecule has 36 heavy (non-hydrogen) atoms. The van der Waals surface area contributed by atoms with Crippen LogP contribution in [0, 0.1) is 0 Å². The number of benzene rings is 3. The maximum atomic E-state index is 13.0. The number of amidine groups is 1. The summed E-state index contributed by atoms with van der Waals surface area (Å²) in [5.41, 5.74) is 3.91. The largest absolute Gasteiger partial charge is 0.490 e. The van der Waals surface area contributed by atoms with Crippen molar-refractivity contribution in [2.24, 2.45) is 4.99 Å². The number of aryl methyl sites for hydroxylation is 1. The van der Waals surface area contributed by atoms with Crippen molar-refractivity contribution in [3.05, 3.63) is 91.2 Å². The number of halogens is 2. The van der Waals surface area contributed by atoms with Gasteiger partial charge in [-0.3, -0.25) is 9.69 Å². The Kier molecular flexibility index (Phi) is 8.93. The predicted octanol–water partition coefficient (Wildman–Crippen LogP) is 7.99. The van der Waals surface area contributed by atoms with Gasteiger partial charge in [-0.15, -0.1) is 0 Å². The van der Waals surface area contributed by atoms with Gasteiger partial charge in [0.1, 0.15) is 6.61 Å². The maximum Gasteiger partial charge on any atom is 0.266 e. The first-order valence-electron chi connectivity index (χ1n) is 11.6. The molecule has 3 aromatic carbocycles. The zero-order valence-corrected chi connectivity index (χ0v) is 24.2. The zero-order valence-electron chi connectivity index (χ0n) is 20.3. The first kappa shape index (κ1) is 26.5. The molecule has 1 fully saturated rings. The number of carbonyl (C=O) groups excluding carboxylic acids is 1. The lowest BCUT2D eigenvalue weighted by Gasteiger charge is -2.15. The lowest BCUT2D eigenvalue weighted by molar-refractivity contribution is -0.121. The fourth-order valence-electron chi connectivity index (χ4n) is 3.64. The second kappa shape index (κ2) is 12.1. The molecule has 3 aromatic rings. The number of rotatable bonds is 8. The van der Waals surface area contributed by atoms with Crippen LogP contribution < -0.4 is 9.47 Å². The van der Waals surface area contributed by atoms with Gasteiger partial charge in [0.2, 0.25) is 0 Å². The SMILES string of the molecule is CCOc1cc(/C=C2/SC(=Nc3ccccc3CC)N(C)C2=O)cc(Br)c1OCc1ccc(Br)cc1. The van der Waals surface area contributed by atoms with Crippen molar-refractivity contribution in [2.45, 2.75) is 26.9 Å². The highest BCUT2D eigenvalue weighted by molar-refractivity contribution is 9.10. The van der Waals surface area contributed by atoms with Crippen LogP contribution in [0.5, 0.6) is 11.5 Å². The van der Waals surface area contributed by atoms with Gasteiger partial charge in [-0.2, -0.15) is 0 Å². The first-order valence-corrected chi connectivity index (χ1v) is 14.0. The highest BCUT2D eigenvalue weighted by Crippen LogP contribution is 2.40. The minimum absolute atomic E-state index is 0.0858. The van der Waals surface area contributed by atoms with E-state index in [1.807, 2.05) is 67.6 Å². The second-order valence-corrected chi connectivity index (χ2v) is 10.8. The molecule has 1 aliphatic heterocycles. The van der Waals surface area contributed by atoms with Crippen molar-refractivity contribution in [1.82, 2.24) is 4.90 Å². The monoisotopic (exact) mass is 628 g/mol. The summed E-state index contributed by atoms with van der Waals surface area (Å²) in [5, 5.41) is 0.658. The maximum absolute atomic E-state index is 13.0. The number of thioether (sulfide) groups is 1. The minimum atomic E-state index is -0.0858. The van der Waals surface area contributed by atoms with E-state index in [1.54, 1.807) is 11.9 Å². The Morgan fingerprint density at radius 1 is 1.03 bits per heavy atom. The summed E-state index contributed by atoms with van der Waals surface area (Å²) in [6.07, 6.45) is 2.74. The number of para-hydroxylation sites is 1. The van der Waals surface area contributed by atoms with Gasteiger partial charge in [-0.1, -0.05) is 53.2 Å². The van der Waals surface area contributed by atoms with E-state index in [0.717, 1.165) is 37.7 Å². The van der Waals surface area contributed by atoms with Gasteiger partial charge < -0.3 is 9.47 Å². The number of nitrogens with zero attached hydrogens (tertiary/aromatic N) is 2. The van der Waals surface area contributed by atoms with Crippen LogP contribution in [0.1, 0.15) is 30.5 Å². The topological polar surface area (TPSA) is 51.1 Å². The van der Waals surface area contributed by atoms with Gasteiger partial charge in [-0.25, -0.2) is 4.99 Å². The van der Waals surface area contributed by atoms with E-state index in [2.05, 4.69) is 44.8 Å². The van der Waals surface area contributed by atoms with Crippen LogP contribution in [0.15, 0.2) is 79.5 Å². The third-order valence-corrected chi connectivity index (χ3v) is 7.70. The quantitative estimate of drug-likeness (QED) is 0.237. The fourth-order valence-corrected chi connectivity index (χ4v) is 5.45. The number of ether oxygens (including phenoxy) is 2. The molecule has 0 spiro atoms. The summed E-state index contributed by atoms with van der Waals surface area (Å²) >= 11 is 8.46. The molecule has 0 aliphatic carbocycles. The van der Waals surface area contributed by atoms with Crippen molar-refractivity contribution in [2.75, 3.05) is 13.7 Å². The molecule has 0 unspecified atom stereocenters. The zero-order chi connectivity index (χ0) is 25.7. The summed E-state index contributed by atoms with van der Waals surface area (Å²) in [5.74, 6) is 1.16. The molecule has 4 rings (SSSR count). The predicted molar refractivity (Wildman–Crippen MR) is 155 cm³/mol. The standard InChI is InChI=1S/C28H26Br2N2O3S/c1-4-20-8-6-7-9-23(20)31-28-32(3)27(33)25(36-28)16-19-14-22(30)26(24(15-19)34-5-2)35-17-18-10-12-21(29)13-11-18/h6-16H,4-5,17H2,1-3H3/b25-16+,31-28?. The average molecular weight is 630 g/mol. The van der Waals surface area contributed by atoms with E-state index >= 15 is 0 Å². The van der Waals surface area contributed by atoms with Crippen LogP contribution in [0.4, 0.5) is 5.69 Å². The van der Waals surface area contributed by atoms with Crippen molar-refractivity contribution in [3.63, 3.8) is 0 Å². The summed E-state index contributed by atoms with van der Waals surface area (Å²) in [6.45, 7) is 4.93. The van der Waals surface area contributed by atoms with Crippen LogP contribution in [0.2, 0.25) is 0 Å². The van der Waals surface area contributed by atoms with Crippen LogP contribution in [-0.2, 0) is 17.8 Å². The fraction of sp³-hybridized carbons (Fsp3) is 0.214. The van der Waals surface area contributed by atoms with Crippen LogP contribution >= 0.6 is 43.6 Å². The number of carbonyl (C=O) groups is 1. The normalized spacial score (nSPS) is 15.7. The van der Waals surface area contributed by atoms with E-state index in [1.165, 1.54) is 11.8 Å². The molecule has 1 amide bonds. The van der Waals surface area contributed by atoms with Gasteiger partial charge in [0, 0.05) is 11.5 Å². The smallest absolute Gasteiger partial charge is 0.266 e. The van der Waals surface area contributed by atoms with Crippen LogP contribution in [0.25, 0.3) is 6.08 Å². The third-order valence-electron chi connectivity index (χ3n) is 5.52. The molecule has 0 N–H and O–H groups in total. The van der Waals surface area contributed by atoms with Crippen molar-refractivity contribution in [1.29, 1.82) is 0 Å². The molecule has 0 saturated carbocycles. The molecule has 0 bridgehead atoms. The Hall–Kier alpha value is -2.55. The van der Waals surface area contributed by atoms with Gasteiger partial charge in [0.05, 0.1) is 21.7 Å². The van der Waals surface area contributed by atoms with Gasteiger partial charge in [0.15, 0.2) is 16.7 Å². The highest BCUT2D eigenvalue weighted by Gasteiger charge is 2.30. The minimum Gasteiger partial charge on any atom is -0.490 e. The Morgan fingerprint density at radius 2 is 1.78 bits per heavy atom. The molecule has 0 aromatic heterocycles. The van der Waals surface area contributed by atoms with Gasteiger partial charge >= 0.3 is 0 Å². The molecule has 1 aliphatic rings. The van der Waals surface area contributed by atoms with Crippen molar-refractivity contribution < 1.29 is 14.3 Å².